The summed E-state index contributed by atoms with van der Waals surface area (Å²) in [6, 6.07) is 5.44. The van der Waals surface area contributed by atoms with Gasteiger partial charge in [0.2, 0.25) is 0 Å². The summed E-state index contributed by atoms with van der Waals surface area (Å²) in [5, 5.41) is 9.29. The number of hydrogen-bond donors (Lipinski definition) is 1. The fraction of sp³-hybridized carbons (Fsp3) is 0.333. The minimum absolute atomic E-state index is 0.414. The van der Waals surface area contributed by atoms with E-state index in [0.29, 0.717) is 17.9 Å². The highest BCUT2D eigenvalue weighted by Gasteiger charge is 2.06. The van der Waals surface area contributed by atoms with E-state index >= 15 is 0 Å². The Bertz CT molecular complexity index is 366. The first-order valence-electron chi connectivity index (χ1n) is 4.56. The largest absolute Gasteiger partial charge is 0.493 e. The molecule has 0 aliphatic rings. The van der Waals surface area contributed by atoms with Crippen molar-refractivity contribution < 1.29 is 14.6 Å². The molecule has 15 heavy (non-hydrogen) atoms. The molecule has 0 amide bonds. The zero-order valence-electron chi connectivity index (χ0n) is 8.86. The van der Waals surface area contributed by atoms with E-state index in [9.17, 15) is 5.11 Å². The zero-order chi connectivity index (χ0) is 11.3. The molecular formula is C12H14O3. The van der Waals surface area contributed by atoms with Gasteiger partial charge in [-0.1, -0.05) is 12.0 Å². The van der Waals surface area contributed by atoms with Gasteiger partial charge >= 0.3 is 0 Å². The number of rotatable bonds is 4. The van der Waals surface area contributed by atoms with E-state index in [1.165, 1.54) is 0 Å². The van der Waals surface area contributed by atoms with Crippen LogP contribution in [0.1, 0.15) is 5.56 Å². The molecule has 1 atom stereocenters. The predicted molar refractivity (Wildman–Crippen MR) is 58.1 cm³/mol. The second kappa shape index (κ2) is 5.28. The van der Waals surface area contributed by atoms with E-state index < -0.39 is 6.10 Å². The molecule has 0 saturated heterocycles. The Morgan fingerprint density at radius 2 is 2.00 bits per heavy atom. The Kier molecular flexibility index (Phi) is 4.02. The van der Waals surface area contributed by atoms with Crippen molar-refractivity contribution in [1.82, 2.24) is 0 Å². The normalized spacial score (nSPS) is 11.6. The smallest absolute Gasteiger partial charge is 0.160 e. The highest BCUT2D eigenvalue weighted by Crippen LogP contribution is 2.27. The molecule has 80 valence electrons. The Balaban J connectivity index is 2.89. The van der Waals surface area contributed by atoms with Crippen LogP contribution < -0.4 is 9.47 Å². The molecule has 0 spiro atoms. The topological polar surface area (TPSA) is 38.7 Å². The summed E-state index contributed by atoms with van der Waals surface area (Å²) in [5.74, 6) is 3.56. The van der Waals surface area contributed by atoms with E-state index in [-0.39, 0.29) is 0 Å². The molecule has 0 aliphatic heterocycles. The van der Waals surface area contributed by atoms with Crippen LogP contribution in [-0.4, -0.2) is 25.4 Å². The highest BCUT2D eigenvalue weighted by atomic mass is 16.5. The number of hydrogen-bond acceptors (Lipinski definition) is 3. The number of methoxy groups -OCH3 is 2. The Labute approximate surface area is 89.6 Å². The lowest BCUT2D eigenvalue weighted by Gasteiger charge is -2.10. The van der Waals surface area contributed by atoms with Gasteiger partial charge in [-0.3, -0.25) is 0 Å². The zero-order valence-corrected chi connectivity index (χ0v) is 8.86. The van der Waals surface area contributed by atoms with Crippen molar-refractivity contribution in [1.29, 1.82) is 0 Å². The molecule has 0 saturated carbocycles. The van der Waals surface area contributed by atoms with Crippen LogP contribution in [0.25, 0.3) is 0 Å². The lowest BCUT2D eigenvalue weighted by Crippen LogP contribution is -2.06. The minimum Gasteiger partial charge on any atom is -0.493 e. The number of aliphatic hydroxyl groups excluding tert-OH is 1. The van der Waals surface area contributed by atoms with Gasteiger partial charge in [-0.2, -0.15) is 0 Å². The van der Waals surface area contributed by atoms with Crippen molar-refractivity contribution in [2.45, 2.75) is 12.5 Å². The van der Waals surface area contributed by atoms with Crippen LogP contribution in [0, 0.1) is 12.3 Å². The van der Waals surface area contributed by atoms with E-state index in [1.807, 2.05) is 6.07 Å². The van der Waals surface area contributed by atoms with Crippen molar-refractivity contribution >= 4 is 0 Å². The summed E-state index contributed by atoms with van der Waals surface area (Å²) in [4.78, 5) is 0. The minimum atomic E-state index is -0.761. The van der Waals surface area contributed by atoms with E-state index in [1.54, 1.807) is 26.4 Å². The van der Waals surface area contributed by atoms with Crippen molar-refractivity contribution in [3.05, 3.63) is 23.8 Å². The molecule has 1 rings (SSSR count). The molecule has 1 N–H and O–H groups in total. The lowest BCUT2D eigenvalue weighted by atomic mass is 10.1. The summed E-state index contributed by atoms with van der Waals surface area (Å²) in [6.45, 7) is 0. The third-order valence-electron chi connectivity index (χ3n) is 2.07. The molecular weight excluding hydrogens is 192 g/mol. The summed E-state index contributed by atoms with van der Waals surface area (Å²) < 4.78 is 10.2. The van der Waals surface area contributed by atoms with Crippen molar-refractivity contribution in [2.75, 3.05) is 14.2 Å². The van der Waals surface area contributed by atoms with Crippen molar-refractivity contribution in [3.8, 4) is 23.8 Å². The van der Waals surface area contributed by atoms with Gasteiger partial charge in [0.1, 0.15) is 6.10 Å². The number of ether oxygens (including phenoxy) is 2. The Morgan fingerprint density at radius 1 is 1.33 bits per heavy atom. The molecule has 0 fully saturated rings. The van der Waals surface area contributed by atoms with Gasteiger partial charge in [0, 0.05) is 6.42 Å². The molecule has 0 radical (unpaired) electrons. The van der Waals surface area contributed by atoms with E-state index in [0.717, 1.165) is 5.56 Å². The SMILES string of the molecule is C#CC(O)Cc1ccc(OC)c(OC)c1. The maximum Gasteiger partial charge on any atom is 0.160 e. The third kappa shape index (κ3) is 2.90. The van der Waals surface area contributed by atoms with Crippen LogP contribution in [0.15, 0.2) is 18.2 Å². The average molecular weight is 206 g/mol. The van der Waals surface area contributed by atoms with Crippen LogP contribution in [0.2, 0.25) is 0 Å². The number of terminal acetylenes is 1. The van der Waals surface area contributed by atoms with E-state index in [4.69, 9.17) is 15.9 Å². The standard InChI is InChI=1S/C12H14O3/c1-4-10(13)7-9-5-6-11(14-2)12(8-9)15-3/h1,5-6,8,10,13H,7H2,2-3H3. The van der Waals surface area contributed by atoms with Gasteiger partial charge in [0.05, 0.1) is 14.2 Å². The first-order chi connectivity index (χ1) is 7.21. The van der Waals surface area contributed by atoms with Crippen molar-refractivity contribution in [3.63, 3.8) is 0 Å². The van der Waals surface area contributed by atoms with Gasteiger partial charge in [-0.15, -0.1) is 6.42 Å². The van der Waals surface area contributed by atoms with Crippen LogP contribution in [-0.2, 0) is 6.42 Å². The maximum absolute atomic E-state index is 9.29. The molecule has 0 aromatic heterocycles. The lowest BCUT2D eigenvalue weighted by molar-refractivity contribution is 0.233. The summed E-state index contributed by atoms with van der Waals surface area (Å²) in [6.07, 6.45) is 4.74. The van der Waals surface area contributed by atoms with Crippen molar-refractivity contribution in [2.24, 2.45) is 0 Å². The molecule has 3 heteroatoms. The summed E-state index contributed by atoms with van der Waals surface area (Å²) in [7, 11) is 3.15. The van der Waals surface area contributed by atoms with Crippen LogP contribution in [0.4, 0.5) is 0 Å². The first kappa shape index (κ1) is 11.4. The monoisotopic (exact) mass is 206 g/mol. The number of benzene rings is 1. The van der Waals surface area contributed by atoms with Crippen LogP contribution in [0.5, 0.6) is 11.5 Å². The number of aliphatic hydroxyl groups is 1. The molecule has 0 aliphatic carbocycles. The van der Waals surface area contributed by atoms with Gasteiger partial charge < -0.3 is 14.6 Å². The van der Waals surface area contributed by atoms with Gasteiger partial charge in [0.25, 0.3) is 0 Å². The fourth-order valence-corrected chi connectivity index (χ4v) is 1.29. The molecule has 0 heterocycles. The van der Waals surface area contributed by atoms with Gasteiger partial charge in [0.15, 0.2) is 11.5 Å². The molecule has 1 unspecified atom stereocenters. The molecule has 1 aromatic carbocycles. The van der Waals surface area contributed by atoms with Crippen LogP contribution in [0.3, 0.4) is 0 Å². The van der Waals surface area contributed by atoms with E-state index in [2.05, 4.69) is 5.92 Å². The molecule has 3 nitrogen and oxygen atoms in total. The quantitative estimate of drug-likeness (QED) is 0.753. The Hall–Kier alpha value is -1.66. The molecule has 0 bridgehead atoms. The van der Waals surface area contributed by atoms with Gasteiger partial charge in [-0.05, 0) is 17.7 Å². The third-order valence-corrected chi connectivity index (χ3v) is 2.07. The van der Waals surface area contributed by atoms with Crippen LogP contribution >= 0.6 is 0 Å². The average Bonchev–Trinajstić information content (AvgIpc) is 2.28. The predicted octanol–water partition coefficient (Wildman–Crippen LogP) is 1.24. The Morgan fingerprint density at radius 3 is 2.53 bits per heavy atom. The highest BCUT2D eigenvalue weighted by molar-refractivity contribution is 5.43. The second-order valence-electron chi connectivity index (χ2n) is 3.08. The summed E-state index contributed by atoms with van der Waals surface area (Å²) >= 11 is 0. The summed E-state index contributed by atoms with van der Waals surface area (Å²) in [5.41, 5.74) is 0.915. The first-order valence-corrected chi connectivity index (χ1v) is 4.56. The maximum atomic E-state index is 9.29. The fourth-order valence-electron chi connectivity index (χ4n) is 1.29. The van der Waals surface area contributed by atoms with Gasteiger partial charge in [-0.25, -0.2) is 0 Å². The second-order valence-corrected chi connectivity index (χ2v) is 3.08. The molecule has 1 aromatic rings.